The summed E-state index contributed by atoms with van der Waals surface area (Å²) < 4.78 is 11.5. The van der Waals surface area contributed by atoms with Gasteiger partial charge in [-0.25, -0.2) is 4.98 Å². The molecule has 28 heavy (non-hydrogen) atoms. The molecule has 2 aliphatic rings. The van der Waals surface area contributed by atoms with Gasteiger partial charge in [0.2, 0.25) is 0 Å². The summed E-state index contributed by atoms with van der Waals surface area (Å²) >= 11 is 5.90. The molecule has 0 unspecified atom stereocenters. The number of anilines is 1. The number of carbonyl (C=O) groups is 1. The molecule has 7 heteroatoms. The van der Waals surface area contributed by atoms with E-state index in [-0.39, 0.29) is 12.5 Å². The Morgan fingerprint density at radius 2 is 2.04 bits per heavy atom. The fourth-order valence-electron chi connectivity index (χ4n) is 3.47. The van der Waals surface area contributed by atoms with Crippen LogP contribution in [-0.4, -0.2) is 55.2 Å². The van der Waals surface area contributed by atoms with Crippen molar-refractivity contribution in [1.82, 2.24) is 9.88 Å². The van der Waals surface area contributed by atoms with Crippen molar-refractivity contribution in [2.45, 2.75) is 6.92 Å². The predicted molar refractivity (Wildman–Crippen MR) is 109 cm³/mol. The van der Waals surface area contributed by atoms with Gasteiger partial charge in [-0.1, -0.05) is 23.7 Å². The molecule has 6 nitrogen and oxygen atoms in total. The van der Waals surface area contributed by atoms with Gasteiger partial charge in [0.05, 0.1) is 17.2 Å². The quantitative estimate of drug-likeness (QED) is 0.789. The lowest BCUT2D eigenvalue weighted by atomic mass is 10.1. The van der Waals surface area contributed by atoms with Crippen LogP contribution in [0.2, 0.25) is 5.02 Å². The Labute approximate surface area is 169 Å². The number of halogens is 1. The van der Waals surface area contributed by atoms with Gasteiger partial charge >= 0.3 is 0 Å². The summed E-state index contributed by atoms with van der Waals surface area (Å²) in [7, 11) is 0. The molecule has 1 fully saturated rings. The van der Waals surface area contributed by atoms with E-state index < -0.39 is 0 Å². The van der Waals surface area contributed by atoms with Crippen molar-refractivity contribution in [2.24, 2.45) is 0 Å². The molecule has 0 spiro atoms. The van der Waals surface area contributed by atoms with Crippen LogP contribution in [-0.2, 0) is 4.79 Å². The summed E-state index contributed by atoms with van der Waals surface area (Å²) in [6.45, 7) is 5.53. The third-order valence-electron chi connectivity index (χ3n) is 4.89. The zero-order valence-corrected chi connectivity index (χ0v) is 16.5. The summed E-state index contributed by atoms with van der Waals surface area (Å²) in [6.07, 6.45) is 3.56. The molecule has 2 aromatic rings. The fraction of sp³-hybridized carbons (Fsp3) is 0.333. The summed E-state index contributed by atoms with van der Waals surface area (Å²) in [5.41, 5.74) is 1.55. The van der Waals surface area contributed by atoms with Crippen molar-refractivity contribution < 1.29 is 14.3 Å². The minimum absolute atomic E-state index is 0.0242. The highest BCUT2D eigenvalue weighted by molar-refractivity contribution is 6.30. The number of hydrogen-bond donors (Lipinski definition) is 0. The number of rotatable bonds is 4. The second-order valence-corrected chi connectivity index (χ2v) is 7.12. The van der Waals surface area contributed by atoms with Gasteiger partial charge in [-0.05, 0) is 31.2 Å². The Balaban J connectivity index is 1.43. The van der Waals surface area contributed by atoms with Crippen LogP contribution < -0.4 is 14.4 Å². The Morgan fingerprint density at radius 1 is 1.21 bits per heavy atom. The lowest BCUT2D eigenvalue weighted by molar-refractivity contribution is -0.127. The minimum atomic E-state index is 0.0242. The highest BCUT2D eigenvalue weighted by atomic mass is 35.5. The average molecular weight is 400 g/mol. The number of fused-ring (bicyclic) bond motifs is 1. The zero-order chi connectivity index (χ0) is 19.5. The van der Waals surface area contributed by atoms with Crippen LogP contribution >= 0.6 is 11.6 Å². The molecule has 0 N–H and O–H groups in total. The summed E-state index contributed by atoms with van der Waals surface area (Å²) in [5.74, 6) is 2.33. The minimum Gasteiger partial charge on any atom is -0.490 e. The van der Waals surface area contributed by atoms with Crippen LogP contribution in [0, 0.1) is 0 Å². The third-order valence-corrected chi connectivity index (χ3v) is 5.11. The lowest BCUT2D eigenvalue weighted by Crippen LogP contribution is -2.49. The van der Waals surface area contributed by atoms with E-state index in [1.54, 1.807) is 6.20 Å². The number of nitrogens with zero attached hydrogens (tertiary/aromatic N) is 3. The summed E-state index contributed by atoms with van der Waals surface area (Å²) in [4.78, 5) is 21.3. The number of para-hydroxylation sites is 1. The number of hydrogen-bond acceptors (Lipinski definition) is 5. The molecule has 0 saturated carbocycles. The van der Waals surface area contributed by atoms with Gasteiger partial charge in [-0.3, -0.25) is 4.79 Å². The predicted octanol–water partition coefficient (Wildman–Crippen LogP) is 3.26. The molecule has 2 aliphatic heterocycles. The smallest absolute Gasteiger partial charge is 0.253 e. The number of amides is 1. The topological polar surface area (TPSA) is 54.9 Å². The SMILES string of the molecule is CCOc1cccc2c1OCC(C(=O)N1CCN(c3ccc(Cl)cn3)CC1)=C2. The molecule has 0 aliphatic carbocycles. The zero-order valence-electron chi connectivity index (χ0n) is 15.7. The molecule has 1 aromatic heterocycles. The average Bonchev–Trinajstić information content (AvgIpc) is 2.74. The number of piperazine rings is 1. The van der Waals surface area contributed by atoms with Gasteiger partial charge in [0.1, 0.15) is 12.4 Å². The van der Waals surface area contributed by atoms with Gasteiger partial charge in [-0.15, -0.1) is 0 Å². The Morgan fingerprint density at radius 3 is 2.75 bits per heavy atom. The normalized spacial score (nSPS) is 16.1. The molecule has 4 rings (SSSR count). The van der Waals surface area contributed by atoms with E-state index in [4.69, 9.17) is 21.1 Å². The summed E-state index contributed by atoms with van der Waals surface area (Å²) in [6, 6.07) is 9.47. The molecule has 0 radical (unpaired) electrons. The largest absolute Gasteiger partial charge is 0.490 e. The fourth-order valence-corrected chi connectivity index (χ4v) is 3.58. The number of benzene rings is 1. The molecular formula is C21H22ClN3O3. The van der Waals surface area contributed by atoms with Crippen LogP contribution in [0.25, 0.3) is 6.08 Å². The third kappa shape index (κ3) is 3.78. The molecule has 3 heterocycles. The van der Waals surface area contributed by atoms with Crippen LogP contribution in [0.1, 0.15) is 12.5 Å². The second kappa shape index (κ2) is 8.10. The Hall–Kier alpha value is -2.73. The van der Waals surface area contributed by atoms with E-state index in [0.29, 0.717) is 41.8 Å². The van der Waals surface area contributed by atoms with E-state index in [1.165, 1.54) is 0 Å². The van der Waals surface area contributed by atoms with Crippen molar-refractivity contribution >= 4 is 29.4 Å². The Bertz CT molecular complexity index is 890. The van der Waals surface area contributed by atoms with Gasteiger partial charge in [0.25, 0.3) is 5.91 Å². The van der Waals surface area contributed by atoms with Gasteiger partial charge < -0.3 is 19.3 Å². The molecule has 1 saturated heterocycles. The molecule has 0 atom stereocenters. The van der Waals surface area contributed by atoms with E-state index in [0.717, 1.165) is 24.5 Å². The first-order valence-electron chi connectivity index (χ1n) is 9.40. The van der Waals surface area contributed by atoms with Gasteiger partial charge in [0.15, 0.2) is 11.5 Å². The standard InChI is InChI=1S/C21H22ClN3O3/c1-2-27-18-5-3-4-15-12-16(14-28-20(15)18)21(26)25-10-8-24(9-11-25)19-7-6-17(22)13-23-19/h3-7,12-13H,2,8-11,14H2,1H3. The van der Waals surface area contributed by atoms with E-state index in [1.807, 2.05) is 48.2 Å². The van der Waals surface area contributed by atoms with E-state index >= 15 is 0 Å². The molecule has 1 amide bonds. The first-order chi connectivity index (χ1) is 13.7. The second-order valence-electron chi connectivity index (χ2n) is 6.68. The summed E-state index contributed by atoms with van der Waals surface area (Å²) in [5, 5.41) is 0.620. The lowest BCUT2D eigenvalue weighted by Gasteiger charge is -2.36. The first-order valence-corrected chi connectivity index (χ1v) is 9.78. The maximum Gasteiger partial charge on any atom is 0.253 e. The van der Waals surface area contributed by atoms with Crippen molar-refractivity contribution in [3.8, 4) is 11.5 Å². The van der Waals surface area contributed by atoms with Gasteiger partial charge in [-0.2, -0.15) is 0 Å². The number of pyridine rings is 1. The molecule has 0 bridgehead atoms. The van der Waals surface area contributed by atoms with E-state index in [2.05, 4.69) is 9.88 Å². The van der Waals surface area contributed by atoms with Crippen LogP contribution in [0.15, 0.2) is 42.1 Å². The van der Waals surface area contributed by atoms with Crippen molar-refractivity contribution in [3.63, 3.8) is 0 Å². The van der Waals surface area contributed by atoms with Gasteiger partial charge in [0, 0.05) is 37.9 Å². The number of aromatic nitrogens is 1. The number of ether oxygens (including phenoxy) is 2. The maximum absolute atomic E-state index is 13.0. The number of carbonyl (C=O) groups excluding carboxylic acids is 1. The van der Waals surface area contributed by atoms with Crippen LogP contribution in [0.5, 0.6) is 11.5 Å². The molecule has 146 valence electrons. The van der Waals surface area contributed by atoms with Crippen molar-refractivity contribution in [1.29, 1.82) is 0 Å². The van der Waals surface area contributed by atoms with Crippen molar-refractivity contribution in [3.05, 3.63) is 52.7 Å². The maximum atomic E-state index is 13.0. The first kappa shape index (κ1) is 18.6. The Kier molecular flexibility index (Phi) is 5.39. The van der Waals surface area contributed by atoms with Crippen LogP contribution in [0.3, 0.4) is 0 Å². The molecular weight excluding hydrogens is 378 g/mol. The highest BCUT2D eigenvalue weighted by Crippen LogP contribution is 2.36. The molecule has 1 aromatic carbocycles. The van der Waals surface area contributed by atoms with Crippen molar-refractivity contribution in [2.75, 3.05) is 44.3 Å². The monoisotopic (exact) mass is 399 g/mol. The van der Waals surface area contributed by atoms with Crippen LogP contribution in [0.4, 0.5) is 5.82 Å². The van der Waals surface area contributed by atoms with E-state index in [9.17, 15) is 4.79 Å². The highest BCUT2D eigenvalue weighted by Gasteiger charge is 2.27.